The van der Waals surface area contributed by atoms with E-state index in [1.165, 1.54) is 0 Å². The van der Waals surface area contributed by atoms with Crippen molar-refractivity contribution >= 4 is 11.6 Å². The molecule has 0 radical (unpaired) electrons. The summed E-state index contributed by atoms with van der Waals surface area (Å²) in [4.78, 5) is 15.1. The van der Waals surface area contributed by atoms with Crippen molar-refractivity contribution in [1.29, 1.82) is 0 Å². The van der Waals surface area contributed by atoms with Gasteiger partial charge in [-0.25, -0.2) is 10.4 Å². The molecule has 5 heteroatoms. The van der Waals surface area contributed by atoms with Gasteiger partial charge in [0.2, 0.25) is 5.91 Å². The number of benzene rings is 1. The van der Waals surface area contributed by atoms with Gasteiger partial charge in [0.25, 0.3) is 0 Å². The summed E-state index contributed by atoms with van der Waals surface area (Å²) >= 11 is 0. The molecule has 0 aliphatic carbocycles. The van der Waals surface area contributed by atoms with E-state index >= 15 is 0 Å². The van der Waals surface area contributed by atoms with Crippen molar-refractivity contribution in [3.63, 3.8) is 0 Å². The first-order valence-electron chi connectivity index (χ1n) is 5.77. The lowest BCUT2D eigenvalue weighted by atomic mass is 10.0. The molecule has 1 aliphatic rings. The fraction of sp³-hybridized carbons (Fsp3) is 0.154. The number of hydrogen-bond acceptors (Lipinski definition) is 3. The summed E-state index contributed by atoms with van der Waals surface area (Å²) in [5, 5.41) is 4.10. The van der Waals surface area contributed by atoms with E-state index in [4.69, 9.17) is 0 Å². The molecule has 1 aromatic heterocycles. The van der Waals surface area contributed by atoms with Gasteiger partial charge < -0.3 is 4.57 Å². The summed E-state index contributed by atoms with van der Waals surface area (Å²) in [5.41, 5.74) is 5.49. The Hall–Kier alpha value is -2.43. The summed E-state index contributed by atoms with van der Waals surface area (Å²) in [7, 11) is 0. The van der Waals surface area contributed by atoms with Crippen LogP contribution in [0, 0.1) is 0 Å². The Balaban J connectivity index is 1.94. The van der Waals surface area contributed by atoms with E-state index in [2.05, 4.69) is 15.5 Å². The number of imidazole rings is 1. The number of nitrogens with one attached hydrogen (secondary N) is 1. The van der Waals surface area contributed by atoms with E-state index in [-0.39, 0.29) is 5.91 Å². The van der Waals surface area contributed by atoms with Crippen molar-refractivity contribution in [2.75, 3.05) is 0 Å². The van der Waals surface area contributed by atoms with E-state index in [0.717, 1.165) is 17.0 Å². The molecule has 3 rings (SSSR count). The Kier molecular flexibility index (Phi) is 2.64. The van der Waals surface area contributed by atoms with Gasteiger partial charge in [-0.05, 0) is 17.7 Å². The number of hydrogen-bond donors (Lipinski definition) is 1. The smallest absolute Gasteiger partial charge is 0.240 e. The summed E-state index contributed by atoms with van der Waals surface area (Å²) < 4.78 is 1.94. The first-order chi connectivity index (χ1) is 8.83. The minimum Gasteiger partial charge on any atom is -0.306 e. The molecule has 0 fully saturated rings. The lowest BCUT2D eigenvalue weighted by Crippen LogP contribution is -2.25. The van der Waals surface area contributed by atoms with E-state index < -0.39 is 0 Å². The first kappa shape index (κ1) is 10.7. The van der Waals surface area contributed by atoms with Crippen LogP contribution in [0.15, 0.2) is 48.1 Å². The zero-order valence-electron chi connectivity index (χ0n) is 9.71. The zero-order chi connectivity index (χ0) is 12.4. The predicted molar refractivity (Wildman–Crippen MR) is 67.5 cm³/mol. The number of rotatable bonds is 2. The second kappa shape index (κ2) is 4.44. The summed E-state index contributed by atoms with van der Waals surface area (Å²) in [6.07, 6.45) is 6.56. The predicted octanol–water partition coefficient (Wildman–Crippen LogP) is 1.49. The van der Waals surface area contributed by atoms with Crippen LogP contribution in [0.1, 0.15) is 18.4 Å². The average Bonchev–Trinajstić information content (AvgIpc) is 2.94. The van der Waals surface area contributed by atoms with E-state index in [1.54, 1.807) is 12.5 Å². The van der Waals surface area contributed by atoms with Crippen LogP contribution < -0.4 is 5.43 Å². The third-order valence-corrected chi connectivity index (χ3v) is 2.89. The van der Waals surface area contributed by atoms with Crippen molar-refractivity contribution in [3.8, 4) is 5.69 Å². The van der Waals surface area contributed by atoms with Gasteiger partial charge in [0.1, 0.15) is 0 Å². The van der Waals surface area contributed by atoms with Gasteiger partial charge in [-0.1, -0.05) is 12.1 Å². The van der Waals surface area contributed by atoms with Crippen LogP contribution in [0.3, 0.4) is 0 Å². The quantitative estimate of drug-likeness (QED) is 0.864. The molecule has 1 aromatic carbocycles. The Morgan fingerprint density at radius 2 is 2.22 bits per heavy atom. The average molecular weight is 240 g/mol. The number of aromatic nitrogens is 2. The van der Waals surface area contributed by atoms with Gasteiger partial charge in [-0.15, -0.1) is 0 Å². The molecule has 90 valence electrons. The Morgan fingerprint density at radius 3 is 2.94 bits per heavy atom. The maximum absolute atomic E-state index is 11.1. The SMILES string of the molecule is O=C1CCC(c2cccc(-n3ccnc3)c2)=NN1. The van der Waals surface area contributed by atoms with Gasteiger partial charge in [0.15, 0.2) is 0 Å². The molecule has 1 N–H and O–H groups in total. The van der Waals surface area contributed by atoms with Gasteiger partial charge in [-0.2, -0.15) is 5.10 Å². The molecule has 0 atom stereocenters. The molecule has 1 aliphatic heterocycles. The Morgan fingerprint density at radius 1 is 1.28 bits per heavy atom. The number of hydrazone groups is 1. The minimum atomic E-state index is -0.0236. The van der Waals surface area contributed by atoms with Crippen molar-refractivity contribution in [2.24, 2.45) is 5.10 Å². The van der Waals surface area contributed by atoms with Gasteiger partial charge in [-0.3, -0.25) is 4.79 Å². The van der Waals surface area contributed by atoms with E-state index in [1.807, 2.05) is 35.0 Å². The third-order valence-electron chi connectivity index (χ3n) is 2.89. The summed E-state index contributed by atoms with van der Waals surface area (Å²) in [5.74, 6) is -0.0236. The van der Waals surface area contributed by atoms with Crippen LogP contribution in [0.2, 0.25) is 0 Å². The number of nitrogens with zero attached hydrogens (tertiary/aromatic N) is 3. The van der Waals surface area contributed by atoms with Crippen molar-refractivity contribution in [3.05, 3.63) is 48.5 Å². The molecule has 0 unspecified atom stereocenters. The fourth-order valence-corrected chi connectivity index (χ4v) is 1.94. The molecular formula is C13H12N4O. The molecule has 2 aromatic rings. The molecule has 0 saturated heterocycles. The summed E-state index contributed by atoms with van der Waals surface area (Å²) in [6, 6.07) is 8.02. The molecule has 5 nitrogen and oxygen atoms in total. The van der Waals surface area contributed by atoms with Gasteiger partial charge in [0.05, 0.1) is 12.0 Å². The van der Waals surface area contributed by atoms with Gasteiger partial charge >= 0.3 is 0 Å². The molecule has 1 amide bonds. The Labute approximate surface area is 104 Å². The number of amides is 1. The highest BCUT2D eigenvalue weighted by molar-refractivity contribution is 6.04. The molecular weight excluding hydrogens is 228 g/mol. The number of carbonyl (C=O) groups is 1. The normalized spacial score (nSPS) is 15.1. The van der Waals surface area contributed by atoms with Crippen molar-refractivity contribution < 1.29 is 4.79 Å². The van der Waals surface area contributed by atoms with E-state index in [0.29, 0.717) is 12.8 Å². The highest BCUT2D eigenvalue weighted by Crippen LogP contribution is 2.14. The lowest BCUT2D eigenvalue weighted by molar-refractivity contribution is -0.121. The largest absolute Gasteiger partial charge is 0.306 e. The topological polar surface area (TPSA) is 59.3 Å². The van der Waals surface area contributed by atoms with Crippen molar-refractivity contribution in [2.45, 2.75) is 12.8 Å². The van der Waals surface area contributed by atoms with Crippen LogP contribution in [0.5, 0.6) is 0 Å². The van der Waals surface area contributed by atoms with Crippen LogP contribution in [0.25, 0.3) is 5.69 Å². The minimum absolute atomic E-state index is 0.0236. The third kappa shape index (κ3) is 2.02. The van der Waals surface area contributed by atoms with Crippen molar-refractivity contribution in [1.82, 2.24) is 15.0 Å². The molecule has 2 heterocycles. The number of carbonyl (C=O) groups excluding carboxylic acids is 1. The maximum atomic E-state index is 11.1. The lowest BCUT2D eigenvalue weighted by Gasteiger charge is -2.13. The molecule has 0 saturated carbocycles. The Bertz CT molecular complexity index is 601. The zero-order valence-corrected chi connectivity index (χ0v) is 9.71. The standard InChI is InChI=1S/C13H12N4O/c18-13-5-4-12(15-16-13)10-2-1-3-11(8-10)17-7-6-14-9-17/h1-3,6-9H,4-5H2,(H,16,18). The highest BCUT2D eigenvalue weighted by atomic mass is 16.2. The monoisotopic (exact) mass is 240 g/mol. The fourth-order valence-electron chi connectivity index (χ4n) is 1.94. The second-order valence-corrected chi connectivity index (χ2v) is 4.11. The first-order valence-corrected chi connectivity index (χ1v) is 5.77. The highest BCUT2D eigenvalue weighted by Gasteiger charge is 2.13. The second-order valence-electron chi connectivity index (χ2n) is 4.11. The van der Waals surface area contributed by atoms with Crippen LogP contribution in [0.4, 0.5) is 0 Å². The maximum Gasteiger partial charge on any atom is 0.240 e. The van der Waals surface area contributed by atoms with E-state index in [9.17, 15) is 4.79 Å². The van der Waals surface area contributed by atoms with Crippen LogP contribution in [-0.2, 0) is 4.79 Å². The molecule has 18 heavy (non-hydrogen) atoms. The molecule has 0 bridgehead atoms. The van der Waals surface area contributed by atoms with Crippen LogP contribution in [-0.4, -0.2) is 21.2 Å². The molecule has 0 spiro atoms. The van der Waals surface area contributed by atoms with Crippen LogP contribution >= 0.6 is 0 Å². The summed E-state index contributed by atoms with van der Waals surface area (Å²) in [6.45, 7) is 0. The van der Waals surface area contributed by atoms with Gasteiger partial charge in [0, 0.05) is 30.9 Å².